The summed E-state index contributed by atoms with van der Waals surface area (Å²) in [5.74, 6) is -1.25. The molecule has 0 heterocycles. The van der Waals surface area contributed by atoms with E-state index < -0.39 is 28.3 Å². The molecule has 0 bridgehead atoms. The number of nitrogens with one attached hydrogen (secondary N) is 2. The van der Waals surface area contributed by atoms with Crippen molar-refractivity contribution >= 4 is 44.8 Å². The Morgan fingerprint density at radius 3 is 1.97 bits per heavy atom. The van der Waals surface area contributed by atoms with Gasteiger partial charge in [-0.05, 0) is 66.2 Å². The third-order valence-corrected chi connectivity index (χ3v) is 6.59. The Labute approximate surface area is 196 Å². The lowest BCUT2D eigenvalue weighted by Gasteiger charge is -2.22. The number of nitrogens with zero attached hydrogens (tertiary/aromatic N) is 1. The second kappa shape index (κ2) is 10.6. The first-order valence-electron chi connectivity index (χ1n) is 9.81. The van der Waals surface area contributed by atoms with Crippen LogP contribution < -0.4 is 10.6 Å². The Bertz CT molecular complexity index is 1230. The molecule has 2 N–H and O–H groups in total. The molecule has 2 amide bonds. The first kappa shape index (κ1) is 24.4. The van der Waals surface area contributed by atoms with E-state index in [-0.39, 0.29) is 17.3 Å². The van der Waals surface area contributed by atoms with Crippen molar-refractivity contribution in [2.45, 2.75) is 18.4 Å². The first-order valence-corrected chi connectivity index (χ1v) is 11.6. The van der Waals surface area contributed by atoms with Crippen molar-refractivity contribution in [2.75, 3.05) is 17.2 Å². The molecule has 33 heavy (non-hydrogen) atoms. The van der Waals surface area contributed by atoms with E-state index in [0.29, 0.717) is 22.0 Å². The van der Waals surface area contributed by atoms with Crippen LogP contribution >= 0.6 is 11.6 Å². The molecule has 0 aliphatic carbocycles. The molecule has 3 aromatic rings. The summed E-state index contributed by atoms with van der Waals surface area (Å²) in [6, 6.07) is 17.3. The van der Waals surface area contributed by atoms with Crippen LogP contribution in [0.25, 0.3) is 0 Å². The molecule has 0 spiro atoms. The van der Waals surface area contributed by atoms with E-state index in [1.165, 1.54) is 55.5 Å². The molecule has 0 unspecified atom stereocenters. The Balaban J connectivity index is 1.81. The van der Waals surface area contributed by atoms with Crippen molar-refractivity contribution in [1.29, 1.82) is 0 Å². The maximum absolute atomic E-state index is 13.3. The minimum atomic E-state index is -4.06. The highest BCUT2D eigenvalue weighted by Gasteiger charge is 2.27. The zero-order valence-corrected chi connectivity index (χ0v) is 19.2. The van der Waals surface area contributed by atoms with Crippen molar-refractivity contribution < 1.29 is 22.4 Å². The average Bonchev–Trinajstić information content (AvgIpc) is 2.76. The number of carbonyl (C=O) groups excluding carboxylic acids is 2. The highest BCUT2D eigenvalue weighted by molar-refractivity contribution is 7.89. The number of carbonyl (C=O) groups is 2. The molecule has 10 heteroatoms. The number of rotatable bonds is 8. The van der Waals surface area contributed by atoms with Gasteiger partial charge in [0.25, 0.3) is 0 Å². The van der Waals surface area contributed by atoms with Gasteiger partial charge in [-0.1, -0.05) is 23.7 Å². The highest BCUT2D eigenvalue weighted by Crippen LogP contribution is 2.21. The summed E-state index contributed by atoms with van der Waals surface area (Å²) in [6.07, 6.45) is 0. The minimum Gasteiger partial charge on any atom is -0.326 e. The van der Waals surface area contributed by atoms with Crippen molar-refractivity contribution in [3.05, 3.63) is 89.2 Å². The van der Waals surface area contributed by atoms with E-state index in [1.807, 2.05) is 0 Å². The summed E-state index contributed by atoms with van der Waals surface area (Å²) in [6.45, 7) is 0.766. The normalized spacial score (nSPS) is 11.3. The number of hydrogen-bond donors (Lipinski definition) is 2. The van der Waals surface area contributed by atoms with Crippen LogP contribution in [0, 0.1) is 5.82 Å². The highest BCUT2D eigenvalue weighted by atomic mass is 35.5. The first-order chi connectivity index (χ1) is 15.6. The van der Waals surface area contributed by atoms with Crippen LogP contribution in [-0.4, -0.2) is 31.1 Å². The van der Waals surface area contributed by atoms with Crippen molar-refractivity contribution in [3.8, 4) is 0 Å². The number of sulfonamides is 1. The van der Waals surface area contributed by atoms with Gasteiger partial charge in [-0.15, -0.1) is 0 Å². The van der Waals surface area contributed by atoms with E-state index in [1.54, 1.807) is 24.3 Å². The average molecular weight is 490 g/mol. The van der Waals surface area contributed by atoms with Crippen LogP contribution in [0.4, 0.5) is 15.8 Å². The molecule has 0 saturated carbocycles. The summed E-state index contributed by atoms with van der Waals surface area (Å²) in [5.41, 5.74) is 1.50. The molecule has 0 radical (unpaired) electrons. The van der Waals surface area contributed by atoms with Crippen molar-refractivity contribution in [3.63, 3.8) is 0 Å². The van der Waals surface area contributed by atoms with E-state index >= 15 is 0 Å². The van der Waals surface area contributed by atoms with Crippen LogP contribution in [0.2, 0.25) is 5.02 Å². The summed E-state index contributed by atoms with van der Waals surface area (Å²) in [7, 11) is -4.06. The Morgan fingerprint density at radius 2 is 1.42 bits per heavy atom. The van der Waals surface area contributed by atoms with Crippen LogP contribution in [0.1, 0.15) is 12.5 Å². The van der Waals surface area contributed by atoms with Crippen LogP contribution in [0.15, 0.2) is 77.7 Å². The molecule has 3 rings (SSSR count). The zero-order chi connectivity index (χ0) is 24.0. The lowest BCUT2D eigenvalue weighted by molar-refractivity contribution is -0.116. The number of amides is 2. The number of halogens is 2. The third kappa shape index (κ3) is 6.85. The largest absolute Gasteiger partial charge is 0.326 e. The second-order valence-corrected chi connectivity index (χ2v) is 9.53. The van der Waals surface area contributed by atoms with Gasteiger partial charge in [0, 0.05) is 29.9 Å². The summed E-state index contributed by atoms with van der Waals surface area (Å²) >= 11 is 5.87. The van der Waals surface area contributed by atoms with E-state index in [9.17, 15) is 22.4 Å². The predicted molar refractivity (Wildman–Crippen MR) is 125 cm³/mol. The van der Waals surface area contributed by atoms with Crippen molar-refractivity contribution in [2.24, 2.45) is 0 Å². The second-order valence-electron chi connectivity index (χ2n) is 7.16. The lowest BCUT2D eigenvalue weighted by Crippen LogP contribution is -2.37. The van der Waals surface area contributed by atoms with Crippen LogP contribution in [0.3, 0.4) is 0 Å². The Kier molecular flexibility index (Phi) is 7.80. The SMILES string of the molecule is CC(=O)Nc1ccc(NC(=O)CN(Cc2ccc(F)cc2)S(=O)(=O)c2ccc(Cl)cc2)cc1. The summed E-state index contributed by atoms with van der Waals surface area (Å²) in [4.78, 5) is 23.8. The molecule has 0 fully saturated rings. The van der Waals surface area contributed by atoms with Gasteiger partial charge in [0.2, 0.25) is 21.8 Å². The third-order valence-electron chi connectivity index (χ3n) is 4.53. The Morgan fingerprint density at radius 1 is 0.879 bits per heavy atom. The summed E-state index contributed by atoms with van der Waals surface area (Å²) in [5, 5.41) is 5.63. The summed E-state index contributed by atoms with van der Waals surface area (Å²) < 4.78 is 40.8. The smallest absolute Gasteiger partial charge is 0.243 e. The number of anilines is 2. The van der Waals surface area contributed by atoms with Gasteiger partial charge in [0.05, 0.1) is 11.4 Å². The monoisotopic (exact) mass is 489 g/mol. The fraction of sp³-hybridized carbons (Fsp3) is 0.130. The molecular formula is C23H21ClFN3O4S. The fourth-order valence-corrected chi connectivity index (χ4v) is 4.49. The van der Waals surface area contributed by atoms with Crippen LogP contribution in [-0.2, 0) is 26.2 Å². The Hall–Kier alpha value is -3.27. The topological polar surface area (TPSA) is 95.6 Å². The predicted octanol–water partition coefficient (Wildman–Crippen LogP) is 4.27. The van der Waals surface area contributed by atoms with Gasteiger partial charge < -0.3 is 10.6 Å². The molecule has 3 aromatic carbocycles. The molecule has 0 saturated heterocycles. The number of hydrogen-bond acceptors (Lipinski definition) is 4. The van der Waals surface area contributed by atoms with Gasteiger partial charge in [-0.25, -0.2) is 12.8 Å². The number of benzene rings is 3. The van der Waals surface area contributed by atoms with Gasteiger partial charge in [-0.2, -0.15) is 4.31 Å². The van der Waals surface area contributed by atoms with Gasteiger partial charge in [0.1, 0.15) is 5.82 Å². The maximum atomic E-state index is 13.3. The zero-order valence-electron chi connectivity index (χ0n) is 17.6. The molecule has 0 atom stereocenters. The standard InChI is InChI=1S/C23H21ClFN3O4S/c1-16(29)26-20-8-10-21(11-9-20)27-23(30)15-28(14-17-2-6-19(25)7-3-17)33(31,32)22-12-4-18(24)5-13-22/h2-13H,14-15H2,1H3,(H,26,29)(H,27,30). The molecule has 7 nitrogen and oxygen atoms in total. The van der Waals surface area contributed by atoms with E-state index in [0.717, 1.165) is 4.31 Å². The quantitative estimate of drug-likeness (QED) is 0.494. The van der Waals surface area contributed by atoms with E-state index in [4.69, 9.17) is 11.6 Å². The van der Waals surface area contributed by atoms with E-state index in [2.05, 4.69) is 10.6 Å². The molecular weight excluding hydrogens is 469 g/mol. The maximum Gasteiger partial charge on any atom is 0.243 e. The fourth-order valence-electron chi connectivity index (χ4n) is 2.98. The van der Waals surface area contributed by atoms with Crippen LogP contribution in [0.5, 0.6) is 0 Å². The molecule has 0 aliphatic heterocycles. The molecule has 0 aromatic heterocycles. The lowest BCUT2D eigenvalue weighted by atomic mass is 10.2. The van der Waals surface area contributed by atoms with Gasteiger partial charge in [0.15, 0.2) is 0 Å². The van der Waals surface area contributed by atoms with Crippen molar-refractivity contribution in [1.82, 2.24) is 4.31 Å². The molecule has 172 valence electrons. The minimum absolute atomic E-state index is 0.0264. The van der Waals surface area contributed by atoms with Gasteiger partial charge in [-0.3, -0.25) is 9.59 Å². The molecule has 0 aliphatic rings. The van der Waals surface area contributed by atoms with Gasteiger partial charge >= 0.3 is 0 Å².